The Bertz CT molecular complexity index is 590. The molecule has 2 heterocycles. The molecule has 1 atom stereocenters. The number of pyridine rings is 1. The van der Waals surface area contributed by atoms with E-state index in [1.807, 2.05) is 6.07 Å². The van der Waals surface area contributed by atoms with Gasteiger partial charge in [-0.05, 0) is 30.7 Å². The van der Waals surface area contributed by atoms with Crippen LogP contribution in [0.15, 0.2) is 36.4 Å². The molecule has 1 saturated heterocycles. The highest BCUT2D eigenvalue weighted by atomic mass is 15.3. The van der Waals surface area contributed by atoms with Gasteiger partial charge in [0.25, 0.3) is 0 Å². The van der Waals surface area contributed by atoms with Crippen LogP contribution in [0, 0.1) is 5.92 Å². The van der Waals surface area contributed by atoms with E-state index in [-0.39, 0.29) is 0 Å². The van der Waals surface area contributed by atoms with E-state index in [9.17, 15) is 0 Å². The third kappa shape index (κ3) is 3.34. The Balaban J connectivity index is 1.65. The molecule has 1 unspecified atom stereocenters. The summed E-state index contributed by atoms with van der Waals surface area (Å²) in [4.78, 5) is 9.68. The normalized spacial score (nSPS) is 18.1. The number of nitrogens with two attached hydrogens (primary N) is 1. The number of nitrogens with zero attached hydrogens (tertiary/aromatic N) is 3. The number of anilines is 1. The summed E-state index contributed by atoms with van der Waals surface area (Å²) in [6.45, 7) is 8.38. The molecule has 3 rings (SSSR count). The van der Waals surface area contributed by atoms with Crippen molar-refractivity contribution in [2.75, 3.05) is 44.2 Å². The lowest BCUT2D eigenvalue weighted by Crippen LogP contribution is -2.48. The molecule has 0 bridgehead atoms. The number of rotatable bonds is 4. The number of hydrogen-bond acceptors (Lipinski definition) is 4. The highest BCUT2D eigenvalue weighted by molar-refractivity contribution is 5.80. The minimum atomic E-state index is 0.579. The molecule has 2 aromatic rings. The van der Waals surface area contributed by atoms with Crippen molar-refractivity contribution >= 4 is 16.7 Å². The first-order valence-electron chi connectivity index (χ1n) is 7.79. The average molecular weight is 284 g/mol. The van der Waals surface area contributed by atoms with Crippen molar-refractivity contribution in [3.8, 4) is 0 Å². The fourth-order valence-electron chi connectivity index (χ4n) is 2.91. The van der Waals surface area contributed by atoms with Crippen molar-refractivity contribution in [2.24, 2.45) is 11.7 Å². The number of para-hydroxylation sites is 1. The summed E-state index contributed by atoms with van der Waals surface area (Å²) in [6.07, 6.45) is 0. The Morgan fingerprint density at radius 2 is 1.86 bits per heavy atom. The quantitative estimate of drug-likeness (QED) is 0.932. The van der Waals surface area contributed by atoms with Crippen molar-refractivity contribution in [3.05, 3.63) is 36.4 Å². The molecule has 0 amide bonds. The molecule has 21 heavy (non-hydrogen) atoms. The topological polar surface area (TPSA) is 45.4 Å². The summed E-state index contributed by atoms with van der Waals surface area (Å²) in [6, 6.07) is 12.6. The zero-order valence-corrected chi connectivity index (χ0v) is 12.7. The first-order valence-corrected chi connectivity index (χ1v) is 7.79. The highest BCUT2D eigenvalue weighted by Crippen LogP contribution is 2.19. The van der Waals surface area contributed by atoms with Crippen LogP contribution < -0.4 is 10.6 Å². The van der Waals surface area contributed by atoms with Gasteiger partial charge in [0, 0.05) is 38.1 Å². The zero-order valence-electron chi connectivity index (χ0n) is 12.7. The smallest absolute Gasteiger partial charge is 0.129 e. The second-order valence-corrected chi connectivity index (χ2v) is 5.99. The monoisotopic (exact) mass is 284 g/mol. The van der Waals surface area contributed by atoms with Crippen LogP contribution in [-0.4, -0.2) is 49.2 Å². The predicted octanol–water partition coefficient (Wildman–Crippen LogP) is 1.95. The molecule has 1 aliphatic heterocycles. The standard InChI is InChI=1S/C17H24N4/c1-14(12-18)13-20-8-10-21(11-9-20)17-7-6-15-4-2-3-5-16(15)19-17/h2-7,14H,8-13,18H2,1H3. The van der Waals surface area contributed by atoms with E-state index in [1.165, 1.54) is 5.39 Å². The number of aromatic nitrogens is 1. The maximum Gasteiger partial charge on any atom is 0.129 e. The van der Waals surface area contributed by atoms with Gasteiger partial charge in [-0.2, -0.15) is 0 Å². The maximum atomic E-state index is 5.71. The Hall–Kier alpha value is -1.65. The second kappa shape index (κ2) is 6.41. The average Bonchev–Trinajstić information content (AvgIpc) is 2.55. The van der Waals surface area contributed by atoms with E-state index in [2.05, 4.69) is 47.1 Å². The molecule has 0 spiro atoms. The second-order valence-electron chi connectivity index (χ2n) is 5.99. The summed E-state index contributed by atoms with van der Waals surface area (Å²) >= 11 is 0. The molecule has 0 aliphatic carbocycles. The minimum Gasteiger partial charge on any atom is -0.354 e. The SMILES string of the molecule is CC(CN)CN1CCN(c2ccc3ccccc3n2)CC1. The summed E-state index contributed by atoms with van der Waals surface area (Å²) in [5, 5.41) is 1.21. The van der Waals surface area contributed by atoms with Crippen LogP contribution in [0.2, 0.25) is 0 Å². The molecule has 4 nitrogen and oxygen atoms in total. The summed E-state index contributed by atoms with van der Waals surface area (Å²) in [5.41, 5.74) is 6.79. The fraction of sp³-hybridized carbons (Fsp3) is 0.471. The minimum absolute atomic E-state index is 0.579. The molecule has 0 radical (unpaired) electrons. The highest BCUT2D eigenvalue weighted by Gasteiger charge is 2.19. The van der Waals surface area contributed by atoms with Gasteiger partial charge >= 0.3 is 0 Å². The van der Waals surface area contributed by atoms with E-state index < -0.39 is 0 Å². The molecule has 2 N–H and O–H groups in total. The van der Waals surface area contributed by atoms with Gasteiger partial charge in [0.2, 0.25) is 0 Å². The first-order chi connectivity index (χ1) is 10.3. The number of benzene rings is 1. The van der Waals surface area contributed by atoms with Gasteiger partial charge in [0.15, 0.2) is 0 Å². The van der Waals surface area contributed by atoms with Crippen LogP contribution in [-0.2, 0) is 0 Å². The van der Waals surface area contributed by atoms with Crippen molar-refractivity contribution in [1.82, 2.24) is 9.88 Å². The van der Waals surface area contributed by atoms with Crippen molar-refractivity contribution in [1.29, 1.82) is 0 Å². The van der Waals surface area contributed by atoms with Crippen molar-refractivity contribution in [2.45, 2.75) is 6.92 Å². The van der Waals surface area contributed by atoms with Gasteiger partial charge in [-0.3, -0.25) is 4.90 Å². The Kier molecular flexibility index (Phi) is 4.36. The molecule has 1 fully saturated rings. The van der Waals surface area contributed by atoms with Crippen molar-refractivity contribution < 1.29 is 0 Å². The van der Waals surface area contributed by atoms with E-state index in [0.717, 1.165) is 50.6 Å². The number of hydrogen-bond donors (Lipinski definition) is 1. The lowest BCUT2D eigenvalue weighted by molar-refractivity contribution is 0.227. The van der Waals surface area contributed by atoms with Crippen LogP contribution in [0.3, 0.4) is 0 Å². The van der Waals surface area contributed by atoms with Gasteiger partial charge in [0.1, 0.15) is 5.82 Å². The van der Waals surface area contributed by atoms with E-state index in [0.29, 0.717) is 5.92 Å². The zero-order chi connectivity index (χ0) is 14.7. The molecule has 1 aromatic heterocycles. The number of piperazine rings is 1. The molecule has 0 saturated carbocycles. The number of fused-ring (bicyclic) bond motifs is 1. The van der Waals surface area contributed by atoms with Gasteiger partial charge in [-0.1, -0.05) is 25.1 Å². The maximum absolute atomic E-state index is 5.71. The van der Waals surface area contributed by atoms with Gasteiger partial charge < -0.3 is 10.6 Å². The van der Waals surface area contributed by atoms with Crippen molar-refractivity contribution in [3.63, 3.8) is 0 Å². The van der Waals surface area contributed by atoms with Crippen LogP contribution in [0.4, 0.5) is 5.82 Å². The lowest BCUT2D eigenvalue weighted by Gasteiger charge is -2.36. The first kappa shape index (κ1) is 14.3. The molecule has 112 valence electrons. The summed E-state index contributed by atoms with van der Waals surface area (Å²) in [7, 11) is 0. The molecular formula is C17H24N4. The van der Waals surface area contributed by atoms with E-state index >= 15 is 0 Å². The van der Waals surface area contributed by atoms with Crippen LogP contribution in [0.5, 0.6) is 0 Å². The van der Waals surface area contributed by atoms with Crippen LogP contribution in [0.1, 0.15) is 6.92 Å². The van der Waals surface area contributed by atoms with Crippen LogP contribution in [0.25, 0.3) is 10.9 Å². The molecule has 1 aromatic carbocycles. The molecular weight excluding hydrogens is 260 g/mol. The van der Waals surface area contributed by atoms with Gasteiger partial charge in [0.05, 0.1) is 5.52 Å². The molecule has 4 heteroatoms. The van der Waals surface area contributed by atoms with Gasteiger partial charge in [-0.25, -0.2) is 4.98 Å². The Morgan fingerprint density at radius 3 is 2.62 bits per heavy atom. The largest absolute Gasteiger partial charge is 0.354 e. The van der Waals surface area contributed by atoms with Gasteiger partial charge in [-0.15, -0.1) is 0 Å². The fourth-order valence-corrected chi connectivity index (χ4v) is 2.91. The third-order valence-corrected chi connectivity index (χ3v) is 4.25. The third-order valence-electron chi connectivity index (χ3n) is 4.25. The molecule has 1 aliphatic rings. The Labute approximate surface area is 126 Å². The van der Waals surface area contributed by atoms with E-state index in [4.69, 9.17) is 10.7 Å². The summed E-state index contributed by atoms with van der Waals surface area (Å²) in [5.74, 6) is 1.68. The lowest BCUT2D eigenvalue weighted by atomic mass is 10.1. The van der Waals surface area contributed by atoms with E-state index in [1.54, 1.807) is 0 Å². The summed E-state index contributed by atoms with van der Waals surface area (Å²) < 4.78 is 0. The van der Waals surface area contributed by atoms with Crippen LogP contribution >= 0.6 is 0 Å². The Morgan fingerprint density at radius 1 is 1.10 bits per heavy atom. The predicted molar refractivity (Wildman–Crippen MR) is 88.6 cm³/mol.